The number of hydrogen-bond acceptors (Lipinski definition) is 5. The van der Waals surface area contributed by atoms with Crippen LogP contribution in [-0.4, -0.2) is 52.5 Å². The molecule has 0 amide bonds. The summed E-state index contributed by atoms with van der Waals surface area (Å²) in [6.07, 6.45) is 3.90. The Kier molecular flexibility index (Phi) is 8.84. The third kappa shape index (κ3) is 7.76. The number of aliphatic carboxylic acids is 1. The highest BCUT2D eigenvalue weighted by atomic mass is 16.7. The van der Waals surface area contributed by atoms with Gasteiger partial charge in [-0.15, -0.1) is 0 Å². The first-order valence-electron chi connectivity index (χ1n) is 7.85. The van der Waals surface area contributed by atoms with E-state index in [1.165, 1.54) is 0 Å². The number of carbonyl (C=O) groups is 1. The van der Waals surface area contributed by atoms with Crippen molar-refractivity contribution in [2.75, 3.05) is 6.61 Å². The third-order valence-corrected chi connectivity index (χ3v) is 3.75. The molecule has 0 spiro atoms. The summed E-state index contributed by atoms with van der Waals surface area (Å²) in [5.41, 5.74) is 0. The maximum absolute atomic E-state index is 10.3. The lowest BCUT2D eigenvalue weighted by Gasteiger charge is -2.35. The van der Waals surface area contributed by atoms with Crippen molar-refractivity contribution in [3.05, 3.63) is 0 Å². The Hall–Kier alpha value is -0.690. The second kappa shape index (κ2) is 10.1. The van der Waals surface area contributed by atoms with E-state index in [1.54, 1.807) is 6.92 Å². The molecule has 0 aromatic heterocycles. The average Bonchev–Trinajstić information content (AvgIpc) is 2.42. The van der Waals surface area contributed by atoms with Gasteiger partial charge in [-0.05, 0) is 19.8 Å². The third-order valence-electron chi connectivity index (χ3n) is 3.75. The van der Waals surface area contributed by atoms with Crippen molar-refractivity contribution in [2.45, 2.75) is 82.9 Å². The Bertz CT molecular complexity index is 296. The normalized spacial score (nSPS) is 29.5. The highest BCUT2D eigenvalue weighted by Crippen LogP contribution is 2.21. The summed E-state index contributed by atoms with van der Waals surface area (Å²) in [6, 6.07) is 0. The Morgan fingerprint density at radius 3 is 2.38 bits per heavy atom. The maximum atomic E-state index is 10.3. The molecule has 4 atom stereocenters. The molecule has 124 valence electrons. The van der Waals surface area contributed by atoms with Gasteiger partial charge in [-0.1, -0.05) is 25.7 Å². The van der Waals surface area contributed by atoms with E-state index in [0.29, 0.717) is 6.61 Å². The van der Waals surface area contributed by atoms with E-state index >= 15 is 0 Å². The molecule has 1 aliphatic heterocycles. The molecule has 1 heterocycles. The molecular formula is C15H28O6. The van der Waals surface area contributed by atoms with Gasteiger partial charge in [0.25, 0.3) is 0 Å². The first-order chi connectivity index (χ1) is 10.0. The van der Waals surface area contributed by atoms with Crippen molar-refractivity contribution in [3.8, 4) is 0 Å². The van der Waals surface area contributed by atoms with Gasteiger partial charge in [0.05, 0.1) is 12.2 Å². The van der Waals surface area contributed by atoms with Crippen LogP contribution in [0.3, 0.4) is 0 Å². The van der Waals surface area contributed by atoms with E-state index in [4.69, 9.17) is 14.6 Å². The average molecular weight is 304 g/mol. The molecule has 6 nitrogen and oxygen atoms in total. The molecule has 0 aromatic rings. The van der Waals surface area contributed by atoms with Gasteiger partial charge in [0.15, 0.2) is 6.29 Å². The number of unbranched alkanes of at least 4 members (excludes halogenated alkanes) is 5. The minimum atomic E-state index is -0.771. The van der Waals surface area contributed by atoms with Crippen molar-refractivity contribution in [1.29, 1.82) is 0 Å². The predicted octanol–water partition coefficient (Wildman–Crippen LogP) is 1.68. The minimum Gasteiger partial charge on any atom is -0.481 e. The van der Waals surface area contributed by atoms with Crippen molar-refractivity contribution < 1.29 is 29.6 Å². The van der Waals surface area contributed by atoms with Crippen LogP contribution in [0.5, 0.6) is 0 Å². The lowest BCUT2D eigenvalue weighted by molar-refractivity contribution is -0.261. The van der Waals surface area contributed by atoms with E-state index in [0.717, 1.165) is 38.5 Å². The summed E-state index contributed by atoms with van der Waals surface area (Å²) in [5, 5.41) is 27.8. The first-order valence-corrected chi connectivity index (χ1v) is 7.85. The molecule has 1 rings (SSSR count). The van der Waals surface area contributed by atoms with Crippen LogP contribution in [0.4, 0.5) is 0 Å². The van der Waals surface area contributed by atoms with Crippen LogP contribution < -0.4 is 0 Å². The number of carboxylic acids is 1. The quantitative estimate of drug-likeness (QED) is 0.531. The molecule has 1 saturated heterocycles. The molecule has 6 heteroatoms. The van der Waals surface area contributed by atoms with Gasteiger partial charge in [0, 0.05) is 19.4 Å². The van der Waals surface area contributed by atoms with Crippen molar-refractivity contribution in [3.63, 3.8) is 0 Å². The molecule has 1 fully saturated rings. The van der Waals surface area contributed by atoms with Gasteiger partial charge in [-0.3, -0.25) is 4.79 Å². The van der Waals surface area contributed by atoms with Crippen LogP contribution in [0.1, 0.15) is 58.3 Å². The van der Waals surface area contributed by atoms with Gasteiger partial charge < -0.3 is 24.8 Å². The number of carboxylic acid groups (broad SMARTS) is 1. The van der Waals surface area contributed by atoms with Crippen molar-refractivity contribution >= 4 is 5.97 Å². The molecule has 0 saturated carbocycles. The zero-order chi connectivity index (χ0) is 15.7. The molecule has 1 aliphatic rings. The van der Waals surface area contributed by atoms with Crippen LogP contribution in [0.25, 0.3) is 0 Å². The fraction of sp³-hybridized carbons (Fsp3) is 0.933. The Balaban J connectivity index is 1.95. The van der Waals surface area contributed by atoms with E-state index in [9.17, 15) is 15.0 Å². The number of rotatable bonds is 10. The fourth-order valence-corrected chi connectivity index (χ4v) is 2.38. The van der Waals surface area contributed by atoms with Crippen LogP contribution in [-0.2, 0) is 14.3 Å². The molecule has 21 heavy (non-hydrogen) atoms. The lowest BCUT2D eigenvalue weighted by Crippen LogP contribution is -2.47. The van der Waals surface area contributed by atoms with Crippen molar-refractivity contribution in [2.24, 2.45) is 0 Å². The van der Waals surface area contributed by atoms with Crippen LogP contribution >= 0.6 is 0 Å². The summed E-state index contributed by atoms with van der Waals surface area (Å²) in [4.78, 5) is 10.3. The van der Waals surface area contributed by atoms with Crippen molar-refractivity contribution in [1.82, 2.24) is 0 Å². The largest absolute Gasteiger partial charge is 0.481 e. The number of aliphatic hydroxyl groups is 2. The van der Waals surface area contributed by atoms with E-state index in [-0.39, 0.29) is 18.9 Å². The molecule has 0 aromatic carbocycles. The Morgan fingerprint density at radius 2 is 1.71 bits per heavy atom. The molecule has 0 bridgehead atoms. The molecule has 1 unspecified atom stereocenters. The second-order valence-electron chi connectivity index (χ2n) is 5.72. The SMILES string of the molecule is C[C@@H]1OC(OCCCCCCCCC(=O)O)[C@H](O)C[C@H]1O. The first kappa shape index (κ1) is 18.4. The molecule has 0 aliphatic carbocycles. The van der Waals surface area contributed by atoms with Crippen LogP contribution in [0.2, 0.25) is 0 Å². The fourth-order valence-electron chi connectivity index (χ4n) is 2.38. The highest BCUT2D eigenvalue weighted by molar-refractivity contribution is 5.66. The highest BCUT2D eigenvalue weighted by Gasteiger charge is 2.34. The summed E-state index contributed by atoms with van der Waals surface area (Å²) in [5.74, 6) is -0.728. The zero-order valence-corrected chi connectivity index (χ0v) is 12.7. The monoisotopic (exact) mass is 304 g/mol. The standard InChI is InChI=1S/C15H28O6/c1-11-12(16)10-13(17)15(21-11)20-9-7-5-3-2-4-6-8-14(18)19/h11-13,15-17H,2-10H2,1H3,(H,18,19)/t11-,12+,13+,15?/m0/s1. The second-order valence-corrected chi connectivity index (χ2v) is 5.72. The summed E-state index contributed by atoms with van der Waals surface area (Å²) >= 11 is 0. The van der Waals surface area contributed by atoms with Gasteiger partial charge >= 0.3 is 5.97 Å². The van der Waals surface area contributed by atoms with E-state index in [1.807, 2.05) is 0 Å². The van der Waals surface area contributed by atoms with Gasteiger partial charge in [-0.2, -0.15) is 0 Å². The Labute approximate surface area is 126 Å². The number of aliphatic hydroxyl groups excluding tert-OH is 2. The topological polar surface area (TPSA) is 96.2 Å². The minimum absolute atomic E-state index is 0.254. The molecular weight excluding hydrogens is 276 g/mol. The smallest absolute Gasteiger partial charge is 0.303 e. The van der Waals surface area contributed by atoms with Crippen LogP contribution in [0.15, 0.2) is 0 Å². The zero-order valence-electron chi connectivity index (χ0n) is 12.7. The van der Waals surface area contributed by atoms with Crippen LogP contribution in [0, 0.1) is 0 Å². The van der Waals surface area contributed by atoms with E-state index in [2.05, 4.69) is 0 Å². The van der Waals surface area contributed by atoms with Gasteiger partial charge in [-0.25, -0.2) is 0 Å². The summed E-state index contributed by atoms with van der Waals surface area (Å²) in [7, 11) is 0. The molecule has 0 radical (unpaired) electrons. The Morgan fingerprint density at radius 1 is 1.10 bits per heavy atom. The van der Waals surface area contributed by atoms with E-state index < -0.39 is 24.5 Å². The summed E-state index contributed by atoms with van der Waals surface area (Å²) < 4.78 is 10.9. The van der Waals surface area contributed by atoms with Gasteiger partial charge in [0.2, 0.25) is 0 Å². The maximum Gasteiger partial charge on any atom is 0.303 e. The summed E-state index contributed by atoms with van der Waals surface area (Å²) in [6.45, 7) is 2.30. The predicted molar refractivity (Wildman–Crippen MR) is 76.9 cm³/mol. The number of hydrogen-bond donors (Lipinski definition) is 3. The lowest BCUT2D eigenvalue weighted by atomic mass is 10.0. The van der Waals surface area contributed by atoms with Gasteiger partial charge in [0.1, 0.15) is 6.10 Å². The molecule has 3 N–H and O–H groups in total. The number of ether oxygens (including phenoxy) is 2.